The lowest BCUT2D eigenvalue weighted by atomic mass is 10.4. The van der Waals surface area contributed by atoms with Crippen LogP contribution in [-0.2, 0) is 4.79 Å². The third-order valence-electron chi connectivity index (χ3n) is 1.44. The Labute approximate surface area is 83.2 Å². The molecule has 0 unspecified atom stereocenters. The summed E-state index contributed by atoms with van der Waals surface area (Å²) in [5.41, 5.74) is 0. The average Bonchev–Trinajstić information content (AvgIpc) is 2.18. The number of nitriles is 2. The molecule has 0 radical (unpaired) electrons. The summed E-state index contributed by atoms with van der Waals surface area (Å²) in [6.45, 7) is 4.02. The minimum Gasteiger partial charge on any atom is -0.315 e. The molecule has 0 saturated heterocycles. The van der Waals surface area contributed by atoms with E-state index < -0.39 is 0 Å². The van der Waals surface area contributed by atoms with Crippen LogP contribution in [0.5, 0.6) is 0 Å². The van der Waals surface area contributed by atoms with Gasteiger partial charge in [-0.3, -0.25) is 4.79 Å². The predicted molar refractivity (Wildman–Crippen MR) is 50.9 cm³/mol. The summed E-state index contributed by atoms with van der Waals surface area (Å²) in [5, 5.41) is 19.6. The normalized spacial score (nSPS) is 8.43. The van der Waals surface area contributed by atoms with E-state index >= 15 is 0 Å². The summed E-state index contributed by atoms with van der Waals surface area (Å²) in [4.78, 5) is 12.5. The van der Waals surface area contributed by atoms with Crippen LogP contribution in [-0.4, -0.2) is 37.0 Å². The smallest absolute Gasteiger partial charge is 0.238 e. The van der Waals surface area contributed by atoms with Crippen molar-refractivity contribution in [2.45, 2.75) is 0 Å². The fourth-order valence-corrected chi connectivity index (χ4v) is 0.796. The lowest BCUT2D eigenvalue weighted by Gasteiger charge is -2.15. The zero-order chi connectivity index (χ0) is 10.8. The molecule has 14 heavy (non-hydrogen) atoms. The molecule has 0 bridgehead atoms. The molecule has 0 rings (SSSR count). The van der Waals surface area contributed by atoms with Crippen LogP contribution >= 0.6 is 0 Å². The highest BCUT2D eigenvalue weighted by atomic mass is 16.2. The molecule has 0 aliphatic heterocycles. The first kappa shape index (κ1) is 12.2. The van der Waals surface area contributed by atoms with Crippen molar-refractivity contribution in [3.63, 3.8) is 0 Å². The Morgan fingerprint density at radius 3 is 2.43 bits per heavy atom. The summed E-state index contributed by atoms with van der Waals surface area (Å²) >= 11 is 0. The number of hydrogen-bond acceptors (Lipinski definition) is 4. The molecule has 0 aromatic carbocycles. The van der Waals surface area contributed by atoms with Gasteiger partial charge in [0.2, 0.25) is 5.91 Å². The van der Waals surface area contributed by atoms with Crippen LogP contribution in [0.25, 0.3) is 0 Å². The second-order valence-corrected chi connectivity index (χ2v) is 2.49. The summed E-state index contributed by atoms with van der Waals surface area (Å²) < 4.78 is 0. The highest BCUT2D eigenvalue weighted by Crippen LogP contribution is 1.87. The molecular weight excluding hydrogens is 180 g/mol. The minimum atomic E-state index is -0.255. The molecule has 0 heterocycles. The zero-order valence-corrected chi connectivity index (χ0v) is 7.86. The first-order valence-electron chi connectivity index (χ1n) is 4.09. The summed E-state index contributed by atoms with van der Waals surface area (Å²) in [6.07, 6.45) is 1.63. The monoisotopic (exact) mass is 192 g/mol. The van der Waals surface area contributed by atoms with Crippen molar-refractivity contribution in [1.29, 1.82) is 10.5 Å². The van der Waals surface area contributed by atoms with Crippen molar-refractivity contribution < 1.29 is 4.79 Å². The second kappa shape index (κ2) is 7.78. The van der Waals surface area contributed by atoms with Crippen molar-refractivity contribution in [2.24, 2.45) is 0 Å². The molecule has 0 aromatic heterocycles. The largest absolute Gasteiger partial charge is 0.315 e. The molecule has 0 aromatic rings. The van der Waals surface area contributed by atoms with E-state index in [0.717, 1.165) is 0 Å². The number of rotatable bonds is 6. The molecule has 0 saturated carbocycles. The number of hydrogen-bond donors (Lipinski definition) is 1. The highest BCUT2D eigenvalue weighted by Gasteiger charge is 2.10. The molecule has 1 N–H and O–H groups in total. The van der Waals surface area contributed by atoms with Gasteiger partial charge in [-0.1, -0.05) is 6.08 Å². The van der Waals surface area contributed by atoms with Crippen LogP contribution in [0.4, 0.5) is 0 Å². The Bertz CT molecular complexity index is 258. The van der Waals surface area contributed by atoms with Gasteiger partial charge in [0.05, 0.1) is 18.7 Å². The Morgan fingerprint density at radius 2 is 2.00 bits per heavy atom. The van der Waals surface area contributed by atoms with Gasteiger partial charge in [0, 0.05) is 6.54 Å². The lowest BCUT2D eigenvalue weighted by molar-refractivity contribution is -0.129. The Morgan fingerprint density at radius 1 is 1.43 bits per heavy atom. The van der Waals surface area contributed by atoms with E-state index in [1.807, 2.05) is 12.1 Å². The summed E-state index contributed by atoms with van der Waals surface area (Å²) in [6, 6.07) is 3.66. The van der Waals surface area contributed by atoms with E-state index in [9.17, 15) is 4.79 Å². The molecule has 0 spiro atoms. The zero-order valence-electron chi connectivity index (χ0n) is 7.86. The molecule has 5 heteroatoms. The van der Waals surface area contributed by atoms with E-state index in [-0.39, 0.29) is 25.5 Å². The molecule has 0 aliphatic carbocycles. The number of amides is 1. The van der Waals surface area contributed by atoms with Gasteiger partial charge in [-0.25, -0.2) is 0 Å². The van der Waals surface area contributed by atoms with E-state index in [1.165, 1.54) is 4.90 Å². The molecule has 1 amide bonds. The van der Waals surface area contributed by atoms with Gasteiger partial charge in [-0.05, 0) is 0 Å². The Kier molecular flexibility index (Phi) is 6.75. The second-order valence-electron chi connectivity index (χ2n) is 2.49. The maximum atomic E-state index is 11.3. The van der Waals surface area contributed by atoms with Gasteiger partial charge in [0.15, 0.2) is 0 Å². The van der Waals surface area contributed by atoms with Crippen LogP contribution < -0.4 is 5.32 Å². The molecule has 5 nitrogen and oxygen atoms in total. The van der Waals surface area contributed by atoms with Crippen LogP contribution in [0.15, 0.2) is 12.7 Å². The molecule has 74 valence electrons. The first-order valence-corrected chi connectivity index (χ1v) is 4.09. The molecular formula is C9H12N4O. The highest BCUT2D eigenvalue weighted by molar-refractivity contribution is 5.78. The average molecular weight is 192 g/mol. The fraction of sp³-hybridized carbons (Fsp3) is 0.444. The van der Waals surface area contributed by atoms with Gasteiger partial charge in [0.1, 0.15) is 13.1 Å². The number of nitrogens with one attached hydrogen (secondary N) is 1. The van der Waals surface area contributed by atoms with Crippen LogP contribution in [0.2, 0.25) is 0 Å². The third kappa shape index (κ3) is 4.91. The third-order valence-corrected chi connectivity index (χ3v) is 1.44. The predicted octanol–water partition coefficient (Wildman–Crippen LogP) is -0.362. The molecule has 0 fully saturated rings. The van der Waals surface area contributed by atoms with Crippen molar-refractivity contribution >= 4 is 5.91 Å². The Balaban J connectivity index is 3.97. The van der Waals surface area contributed by atoms with Crippen molar-refractivity contribution in [1.82, 2.24) is 10.2 Å². The quantitative estimate of drug-likeness (QED) is 0.354. The van der Waals surface area contributed by atoms with Gasteiger partial charge in [-0.15, -0.1) is 6.58 Å². The van der Waals surface area contributed by atoms with Gasteiger partial charge in [-0.2, -0.15) is 10.5 Å². The first-order chi connectivity index (χ1) is 6.76. The van der Waals surface area contributed by atoms with Crippen LogP contribution in [0, 0.1) is 22.7 Å². The molecule has 0 atom stereocenters. The van der Waals surface area contributed by atoms with E-state index in [2.05, 4.69) is 11.9 Å². The Hall–Kier alpha value is -1.85. The fourth-order valence-electron chi connectivity index (χ4n) is 0.796. The maximum absolute atomic E-state index is 11.3. The van der Waals surface area contributed by atoms with E-state index in [0.29, 0.717) is 6.54 Å². The molecule has 0 aliphatic rings. The summed E-state index contributed by atoms with van der Waals surface area (Å²) in [5.74, 6) is -0.255. The summed E-state index contributed by atoms with van der Waals surface area (Å²) in [7, 11) is 0. The minimum absolute atomic E-state index is 0.0534. The number of carbonyl (C=O) groups excluding carboxylic acids is 1. The SMILES string of the molecule is C=CCNCC(=O)N(CC#N)CC#N. The van der Waals surface area contributed by atoms with Gasteiger partial charge >= 0.3 is 0 Å². The van der Waals surface area contributed by atoms with Crippen molar-refractivity contribution in [2.75, 3.05) is 26.2 Å². The number of carbonyl (C=O) groups is 1. The van der Waals surface area contributed by atoms with Gasteiger partial charge in [0.25, 0.3) is 0 Å². The maximum Gasteiger partial charge on any atom is 0.238 e. The van der Waals surface area contributed by atoms with E-state index in [1.54, 1.807) is 6.08 Å². The van der Waals surface area contributed by atoms with Crippen LogP contribution in [0.1, 0.15) is 0 Å². The van der Waals surface area contributed by atoms with Crippen LogP contribution in [0.3, 0.4) is 0 Å². The standard InChI is InChI=1S/C9H12N4O/c1-2-5-12-8-9(14)13(6-3-10)7-4-11/h2,12H,1,5-8H2. The topological polar surface area (TPSA) is 79.9 Å². The lowest BCUT2D eigenvalue weighted by Crippen LogP contribution is -2.38. The van der Waals surface area contributed by atoms with Crippen molar-refractivity contribution in [3.8, 4) is 12.1 Å². The number of nitrogens with zero attached hydrogens (tertiary/aromatic N) is 3. The van der Waals surface area contributed by atoms with Gasteiger partial charge < -0.3 is 10.2 Å². The van der Waals surface area contributed by atoms with E-state index in [4.69, 9.17) is 10.5 Å². The van der Waals surface area contributed by atoms with Crippen molar-refractivity contribution in [3.05, 3.63) is 12.7 Å².